The van der Waals surface area contributed by atoms with Gasteiger partial charge in [0, 0.05) is 24.2 Å². The Labute approximate surface area is 104 Å². The lowest BCUT2D eigenvalue weighted by molar-refractivity contribution is -0.140. The highest BCUT2D eigenvalue weighted by molar-refractivity contribution is 5.01. The van der Waals surface area contributed by atoms with Gasteiger partial charge in [-0.05, 0) is 20.3 Å². The summed E-state index contributed by atoms with van der Waals surface area (Å²) >= 11 is 0. The number of hydrogen-bond acceptors (Lipinski definition) is 4. The van der Waals surface area contributed by atoms with Gasteiger partial charge in [0.1, 0.15) is 0 Å². The number of aromatic amines is 1. The molecule has 2 fully saturated rings. The molecular weight excluding hydrogens is 236 g/mol. The Hall–Kier alpha value is -1.40. The Bertz CT molecular complexity index is 574. The van der Waals surface area contributed by atoms with E-state index in [0.717, 1.165) is 6.42 Å². The summed E-state index contributed by atoms with van der Waals surface area (Å²) in [5.41, 5.74) is -0.719. The smallest absolute Gasteiger partial charge is 0.328 e. The van der Waals surface area contributed by atoms with E-state index in [1.807, 2.05) is 13.8 Å². The van der Waals surface area contributed by atoms with Crippen molar-refractivity contribution in [2.24, 2.45) is 5.92 Å². The highest BCUT2D eigenvalue weighted by Gasteiger charge is 2.50. The lowest BCUT2D eigenvalue weighted by Crippen LogP contribution is -2.29. The molecule has 6 nitrogen and oxygen atoms in total. The summed E-state index contributed by atoms with van der Waals surface area (Å²) in [6, 6.07) is 1.48. The molecule has 0 bridgehead atoms. The minimum Gasteiger partial charge on any atom is -0.348 e. The maximum atomic E-state index is 11.6. The zero-order chi connectivity index (χ0) is 12.9. The van der Waals surface area contributed by atoms with Crippen LogP contribution in [0.2, 0.25) is 0 Å². The third kappa shape index (κ3) is 2.02. The van der Waals surface area contributed by atoms with Gasteiger partial charge in [0.25, 0.3) is 5.56 Å². The van der Waals surface area contributed by atoms with Crippen molar-refractivity contribution in [1.82, 2.24) is 9.55 Å². The van der Waals surface area contributed by atoms with Crippen molar-refractivity contribution >= 4 is 0 Å². The summed E-state index contributed by atoms with van der Waals surface area (Å²) < 4.78 is 12.9. The molecule has 6 heteroatoms. The second kappa shape index (κ2) is 3.80. The number of aromatic nitrogens is 2. The molecule has 3 atom stereocenters. The van der Waals surface area contributed by atoms with Crippen LogP contribution in [0.3, 0.4) is 0 Å². The van der Waals surface area contributed by atoms with Crippen LogP contribution in [0.15, 0.2) is 21.9 Å². The molecule has 0 aromatic carbocycles. The van der Waals surface area contributed by atoms with Gasteiger partial charge in [-0.25, -0.2) is 4.79 Å². The van der Waals surface area contributed by atoms with Crippen molar-refractivity contribution in [3.8, 4) is 0 Å². The fourth-order valence-electron chi connectivity index (χ4n) is 2.53. The maximum absolute atomic E-state index is 11.6. The van der Waals surface area contributed by atoms with Crippen molar-refractivity contribution in [1.29, 1.82) is 0 Å². The molecule has 0 spiro atoms. The number of rotatable bonds is 2. The number of ether oxygens (including phenoxy) is 2. The van der Waals surface area contributed by atoms with Gasteiger partial charge in [-0.2, -0.15) is 0 Å². The standard InChI is InChI=1S/C12H16N2O4/c1-12(2)17-6-9(18-12)7-5-8(7)14-4-3-10(15)13-11(14)16/h3-4,7-9H,5-6H2,1-2H3,(H,13,15,16)/t7-,8+,9-/m0/s1. The monoisotopic (exact) mass is 252 g/mol. The number of H-pyrrole nitrogens is 1. The third-order valence-corrected chi connectivity index (χ3v) is 3.52. The molecule has 2 aliphatic rings. The highest BCUT2D eigenvalue weighted by atomic mass is 16.7. The van der Waals surface area contributed by atoms with Gasteiger partial charge in [0.05, 0.1) is 12.7 Å². The minimum absolute atomic E-state index is 0.0313. The average molecular weight is 252 g/mol. The van der Waals surface area contributed by atoms with Crippen LogP contribution < -0.4 is 11.2 Å². The molecule has 2 heterocycles. The van der Waals surface area contributed by atoms with E-state index in [1.54, 1.807) is 10.8 Å². The first-order valence-corrected chi connectivity index (χ1v) is 6.09. The molecule has 1 aliphatic carbocycles. The van der Waals surface area contributed by atoms with E-state index in [0.29, 0.717) is 6.61 Å². The summed E-state index contributed by atoms with van der Waals surface area (Å²) in [6.07, 6.45) is 2.46. The topological polar surface area (TPSA) is 73.3 Å². The summed E-state index contributed by atoms with van der Waals surface area (Å²) in [5.74, 6) is -0.247. The number of nitrogens with one attached hydrogen (secondary N) is 1. The van der Waals surface area contributed by atoms with Crippen molar-refractivity contribution in [3.63, 3.8) is 0 Å². The van der Waals surface area contributed by atoms with Gasteiger partial charge in [-0.3, -0.25) is 14.3 Å². The normalized spacial score (nSPS) is 33.6. The Kier molecular flexibility index (Phi) is 2.46. The van der Waals surface area contributed by atoms with Gasteiger partial charge in [-0.15, -0.1) is 0 Å². The van der Waals surface area contributed by atoms with Gasteiger partial charge in [-0.1, -0.05) is 0 Å². The largest absolute Gasteiger partial charge is 0.348 e. The van der Waals surface area contributed by atoms with Crippen LogP contribution in [0.25, 0.3) is 0 Å². The Morgan fingerprint density at radius 1 is 1.44 bits per heavy atom. The number of nitrogens with zero attached hydrogens (tertiary/aromatic N) is 1. The molecule has 1 aromatic rings. The molecule has 1 N–H and O–H groups in total. The molecular formula is C12H16N2O4. The third-order valence-electron chi connectivity index (χ3n) is 3.52. The second-order valence-corrected chi connectivity index (χ2v) is 5.35. The molecule has 3 rings (SSSR count). The van der Waals surface area contributed by atoms with Crippen LogP contribution in [-0.2, 0) is 9.47 Å². The van der Waals surface area contributed by atoms with E-state index in [4.69, 9.17) is 9.47 Å². The van der Waals surface area contributed by atoms with Gasteiger partial charge < -0.3 is 9.47 Å². The molecule has 1 aliphatic heterocycles. The molecule has 1 aromatic heterocycles. The van der Waals surface area contributed by atoms with E-state index in [1.165, 1.54) is 6.07 Å². The van der Waals surface area contributed by atoms with E-state index in [9.17, 15) is 9.59 Å². The summed E-state index contributed by atoms with van der Waals surface area (Å²) in [5, 5.41) is 0. The Morgan fingerprint density at radius 3 is 2.83 bits per heavy atom. The van der Waals surface area contributed by atoms with Crippen LogP contribution in [0, 0.1) is 5.92 Å². The Morgan fingerprint density at radius 2 is 2.22 bits per heavy atom. The van der Waals surface area contributed by atoms with E-state index < -0.39 is 5.79 Å². The lowest BCUT2D eigenvalue weighted by atomic mass is 10.2. The summed E-state index contributed by atoms with van der Waals surface area (Å²) in [6.45, 7) is 4.33. The maximum Gasteiger partial charge on any atom is 0.328 e. The summed E-state index contributed by atoms with van der Waals surface area (Å²) in [4.78, 5) is 24.9. The van der Waals surface area contributed by atoms with Gasteiger partial charge in [0.2, 0.25) is 0 Å². The molecule has 0 unspecified atom stereocenters. The predicted molar refractivity (Wildman–Crippen MR) is 63.4 cm³/mol. The molecule has 1 saturated heterocycles. The van der Waals surface area contributed by atoms with E-state index in [2.05, 4.69) is 4.98 Å². The SMILES string of the molecule is CC1(C)OC[C@@H]([C@H]2C[C@H]2n2ccc(=O)[nH]c2=O)O1. The predicted octanol–water partition coefficient (Wildman–Crippen LogP) is 0.249. The zero-order valence-electron chi connectivity index (χ0n) is 10.4. The van der Waals surface area contributed by atoms with Gasteiger partial charge in [0.15, 0.2) is 5.79 Å². The average Bonchev–Trinajstić information content (AvgIpc) is 2.97. The lowest BCUT2D eigenvalue weighted by Gasteiger charge is -2.17. The van der Waals surface area contributed by atoms with Gasteiger partial charge >= 0.3 is 5.69 Å². The van der Waals surface area contributed by atoms with E-state index in [-0.39, 0.29) is 29.3 Å². The Balaban J connectivity index is 1.75. The van der Waals surface area contributed by atoms with Crippen LogP contribution in [0.4, 0.5) is 0 Å². The van der Waals surface area contributed by atoms with Crippen molar-refractivity contribution in [2.45, 2.75) is 38.2 Å². The van der Waals surface area contributed by atoms with Crippen LogP contribution in [0.1, 0.15) is 26.3 Å². The first kappa shape index (κ1) is 11.7. The molecule has 98 valence electrons. The second-order valence-electron chi connectivity index (χ2n) is 5.35. The highest BCUT2D eigenvalue weighted by Crippen LogP contribution is 2.48. The van der Waals surface area contributed by atoms with Crippen molar-refractivity contribution in [3.05, 3.63) is 33.1 Å². The molecule has 18 heavy (non-hydrogen) atoms. The molecule has 0 radical (unpaired) electrons. The van der Waals surface area contributed by atoms with E-state index >= 15 is 0 Å². The van der Waals surface area contributed by atoms with Crippen molar-refractivity contribution in [2.75, 3.05) is 6.61 Å². The van der Waals surface area contributed by atoms with Crippen LogP contribution >= 0.6 is 0 Å². The van der Waals surface area contributed by atoms with Crippen LogP contribution in [0.5, 0.6) is 0 Å². The van der Waals surface area contributed by atoms with Crippen molar-refractivity contribution < 1.29 is 9.47 Å². The first-order chi connectivity index (χ1) is 8.46. The fourth-order valence-corrected chi connectivity index (χ4v) is 2.53. The molecule has 1 saturated carbocycles. The van der Waals surface area contributed by atoms with Crippen LogP contribution in [-0.4, -0.2) is 28.0 Å². The summed E-state index contributed by atoms with van der Waals surface area (Å²) in [7, 11) is 0. The molecule has 0 amide bonds. The first-order valence-electron chi connectivity index (χ1n) is 6.09. The zero-order valence-corrected chi connectivity index (χ0v) is 10.4. The number of hydrogen-bond donors (Lipinski definition) is 1. The minimum atomic E-state index is -0.534. The quantitative estimate of drug-likeness (QED) is 0.818. The fraction of sp³-hybridized carbons (Fsp3) is 0.667.